The molecular weight excluding hydrogens is 966 g/mol. The minimum Gasteiger partial charge on any atom is -0.457 e. The van der Waals surface area contributed by atoms with Crippen LogP contribution in [0.5, 0.6) is 0 Å². The Labute approximate surface area is 431 Å². The van der Waals surface area contributed by atoms with Gasteiger partial charge in [0.1, 0.15) is 12.2 Å². The summed E-state index contributed by atoms with van der Waals surface area (Å²) in [7, 11) is 0. The van der Waals surface area contributed by atoms with Crippen molar-refractivity contribution in [3.05, 3.63) is 47.6 Å². The topological polar surface area (TPSA) is 180 Å². The predicted molar refractivity (Wildman–Crippen MR) is 264 cm³/mol. The normalized spacial score (nSPS) is 46.2. The zero-order valence-corrected chi connectivity index (χ0v) is 44.4. The van der Waals surface area contributed by atoms with Crippen LogP contribution in [-0.2, 0) is 47.7 Å². The minimum absolute atomic E-state index is 0.0141. The average molecular weight is 1040 g/mol. The number of ketones is 3. The maximum absolute atomic E-state index is 17.2. The number of halogens is 3. The Morgan fingerprint density at radius 3 is 2.25 bits per heavy atom. The fraction of sp³-hybridized carbons (Fsp3) is 0.754. The molecular formula is C57H75F3O12S. The van der Waals surface area contributed by atoms with E-state index in [1.165, 1.54) is 25.5 Å². The predicted octanol–water partition coefficient (Wildman–Crippen LogP) is 9.13. The summed E-state index contributed by atoms with van der Waals surface area (Å²) in [5.74, 6) is -3.77. The molecule has 0 amide bonds. The molecule has 1 unspecified atom stereocenters. The highest BCUT2D eigenvalue weighted by molar-refractivity contribution is 8.13. The van der Waals surface area contributed by atoms with E-state index in [4.69, 9.17) is 18.9 Å². The summed E-state index contributed by atoms with van der Waals surface area (Å²) in [6.45, 7) is 13.9. The molecule has 0 aromatic rings. The lowest BCUT2D eigenvalue weighted by Gasteiger charge is -2.63. The molecule has 18 atom stereocenters. The van der Waals surface area contributed by atoms with E-state index >= 15 is 8.78 Å². The SMILES string of the molecule is CC(C)C(=O)OCC(=O)[C@@]12O[C@H](C3CCCCC3)O[C@@H]1C[C@H]1[C@@H]3CCC4=CC(=O)C=C[C@]4(C)[C@H]3[C@@H](O)C[C@@]12C.CCC(=O)O[C@]1(C(=O)SCF)[C@H](C)C[C@H]2C3C[C@H](F)C4=CC(=O)C=C[C@]4(C)[C@@]3(F)[C@@H](O)C[C@@]21C. The highest BCUT2D eigenvalue weighted by Crippen LogP contribution is 2.73. The van der Waals surface area contributed by atoms with Gasteiger partial charge in [-0.25, -0.2) is 13.2 Å². The number of aliphatic hydroxyl groups excluding tert-OH is 2. The molecule has 73 heavy (non-hydrogen) atoms. The second-order valence-electron chi connectivity index (χ2n) is 24.5. The van der Waals surface area contributed by atoms with Gasteiger partial charge < -0.3 is 29.2 Å². The van der Waals surface area contributed by atoms with Crippen LogP contribution in [0.25, 0.3) is 0 Å². The highest BCUT2D eigenvalue weighted by atomic mass is 32.2. The molecule has 16 heteroatoms. The third-order valence-electron chi connectivity index (χ3n) is 20.7. The summed E-state index contributed by atoms with van der Waals surface area (Å²) in [5.41, 5.74) is -8.03. The fourth-order valence-electron chi connectivity index (χ4n) is 17.2. The second-order valence-corrected chi connectivity index (χ2v) is 25.4. The van der Waals surface area contributed by atoms with E-state index in [1.54, 1.807) is 46.8 Å². The molecule has 0 bridgehead atoms. The van der Waals surface area contributed by atoms with Crippen molar-refractivity contribution in [1.29, 1.82) is 0 Å². The molecule has 1 heterocycles. The number of hydrogen-bond acceptors (Lipinski definition) is 13. The highest BCUT2D eigenvalue weighted by Gasteiger charge is 2.79. The van der Waals surface area contributed by atoms with Gasteiger partial charge in [-0.3, -0.25) is 28.8 Å². The van der Waals surface area contributed by atoms with Gasteiger partial charge in [-0.1, -0.05) is 85.5 Å². The maximum atomic E-state index is 17.2. The first-order valence-corrected chi connectivity index (χ1v) is 27.9. The number of esters is 2. The lowest BCUT2D eigenvalue weighted by Crippen LogP contribution is -2.70. The molecule has 9 aliphatic carbocycles. The molecule has 7 saturated carbocycles. The molecule has 1 aliphatic heterocycles. The molecule has 0 aromatic heterocycles. The third kappa shape index (κ3) is 7.86. The van der Waals surface area contributed by atoms with Crippen molar-refractivity contribution >= 4 is 46.2 Å². The summed E-state index contributed by atoms with van der Waals surface area (Å²) in [5, 5.41) is 22.6. The van der Waals surface area contributed by atoms with Crippen LogP contribution in [0.1, 0.15) is 139 Å². The van der Waals surface area contributed by atoms with Gasteiger partial charge in [0.2, 0.25) is 10.9 Å². The van der Waals surface area contributed by atoms with Crippen LogP contribution in [0.15, 0.2) is 47.6 Å². The van der Waals surface area contributed by atoms with Crippen LogP contribution in [0, 0.1) is 69.0 Å². The third-order valence-corrected chi connectivity index (χ3v) is 21.4. The first-order valence-electron chi connectivity index (χ1n) is 26.9. The van der Waals surface area contributed by atoms with E-state index in [2.05, 4.69) is 13.8 Å². The van der Waals surface area contributed by atoms with Crippen molar-refractivity contribution in [3.63, 3.8) is 0 Å². The van der Waals surface area contributed by atoms with E-state index in [0.717, 1.165) is 50.2 Å². The number of fused-ring (bicyclic) bond motifs is 12. The Balaban J connectivity index is 0.000000182. The molecule has 2 N–H and O–H groups in total. The number of hydrogen-bond donors (Lipinski definition) is 2. The van der Waals surface area contributed by atoms with Crippen molar-refractivity contribution in [2.24, 2.45) is 69.0 Å². The second kappa shape index (κ2) is 19.2. The lowest BCUT2D eigenvalue weighted by atomic mass is 9.44. The molecule has 12 nitrogen and oxygen atoms in total. The average Bonchev–Trinajstić information content (AvgIpc) is 3.93. The van der Waals surface area contributed by atoms with E-state index in [9.17, 15) is 43.4 Å². The van der Waals surface area contributed by atoms with Gasteiger partial charge in [0.15, 0.2) is 41.3 Å². The van der Waals surface area contributed by atoms with Crippen molar-refractivity contribution in [2.75, 3.05) is 12.6 Å². The zero-order valence-electron chi connectivity index (χ0n) is 43.6. The Kier molecular flexibility index (Phi) is 14.3. The smallest absolute Gasteiger partial charge is 0.308 e. The summed E-state index contributed by atoms with van der Waals surface area (Å²) < 4.78 is 70.9. The summed E-state index contributed by atoms with van der Waals surface area (Å²) in [4.78, 5) is 76.5. The van der Waals surface area contributed by atoms with Crippen LogP contribution < -0.4 is 0 Å². The Hall–Kier alpha value is -3.44. The molecule has 402 valence electrons. The van der Waals surface area contributed by atoms with Gasteiger partial charge in [-0.15, -0.1) is 0 Å². The van der Waals surface area contributed by atoms with Crippen molar-refractivity contribution in [3.8, 4) is 0 Å². The first kappa shape index (κ1) is 54.4. The van der Waals surface area contributed by atoms with Gasteiger partial charge in [0.25, 0.3) is 0 Å². The van der Waals surface area contributed by atoms with E-state index in [1.807, 2.05) is 6.08 Å². The monoisotopic (exact) mass is 1040 g/mol. The molecule has 8 fully saturated rings. The lowest BCUT2D eigenvalue weighted by molar-refractivity contribution is -0.228. The minimum atomic E-state index is -2.30. The van der Waals surface area contributed by atoms with E-state index < -0.39 is 110 Å². The van der Waals surface area contributed by atoms with Crippen LogP contribution in [-0.4, -0.2) is 105 Å². The van der Waals surface area contributed by atoms with Gasteiger partial charge >= 0.3 is 11.9 Å². The number of carbonyl (C=O) groups is 6. The largest absolute Gasteiger partial charge is 0.457 e. The quantitative estimate of drug-likeness (QED) is 0.209. The number of rotatable bonds is 9. The molecule has 10 rings (SSSR count). The first-order chi connectivity index (χ1) is 34.3. The number of allylic oxidation sites excluding steroid dienone is 8. The van der Waals surface area contributed by atoms with Crippen molar-refractivity contribution < 1.29 is 71.1 Å². The van der Waals surface area contributed by atoms with Gasteiger partial charge in [0, 0.05) is 51.8 Å². The maximum Gasteiger partial charge on any atom is 0.308 e. The van der Waals surface area contributed by atoms with Gasteiger partial charge in [0.05, 0.1) is 24.2 Å². The van der Waals surface area contributed by atoms with Crippen LogP contribution in [0.4, 0.5) is 13.2 Å². The van der Waals surface area contributed by atoms with Crippen LogP contribution >= 0.6 is 11.8 Å². The zero-order chi connectivity index (χ0) is 53.0. The number of thioether (sulfide) groups is 1. The summed E-state index contributed by atoms with van der Waals surface area (Å²) >= 11 is 0.396. The van der Waals surface area contributed by atoms with Gasteiger partial charge in [-0.2, -0.15) is 0 Å². The summed E-state index contributed by atoms with van der Waals surface area (Å²) in [6.07, 6.45) is 12.3. The standard InChI is InChI=1S/C32H44O7.C25H31F3O5S/c1-18(2)28(36)37-17-25(35)32-26(38-29(39-32)19-8-6-5-7-9-19)15-23-22-11-10-20-14-21(33)12-13-30(20,3)27(22)24(34)16-31(23,32)4;1-5-20(31)33-25(21(32)34-12-26)13(2)8-15-16-10-18(27)17-9-14(29)6-7-22(17,3)24(16,28)19(30)11-23(15,25)4/h12-14,18-19,22-24,26-27,29,34H,5-11,15-17H2,1-4H3;6-7,9,13,15-16,18-19,30H,5,8,10-12H2,1-4H3/t22-,23-,24-,26+,27+,29+,30-,31-,32+;13-,15+,16?,18+,19+,22+,23+,24+,25+/m01/s1. The number of ether oxygens (including phenoxy) is 4. The molecule has 10 aliphatic rings. The Morgan fingerprint density at radius 2 is 1.58 bits per heavy atom. The molecule has 0 spiro atoms. The van der Waals surface area contributed by atoms with Crippen molar-refractivity contribution in [1.82, 2.24) is 0 Å². The number of aliphatic hydroxyl groups is 2. The van der Waals surface area contributed by atoms with Gasteiger partial charge in [-0.05, 0) is 124 Å². The van der Waals surface area contributed by atoms with E-state index in [-0.39, 0.29) is 84.4 Å². The fourth-order valence-corrected chi connectivity index (χ4v) is 18.0. The van der Waals surface area contributed by atoms with Crippen LogP contribution in [0.2, 0.25) is 0 Å². The van der Waals surface area contributed by atoms with E-state index in [0.29, 0.717) is 24.6 Å². The van der Waals surface area contributed by atoms with Crippen molar-refractivity contribution in [2.45, 2.75) is 187 Å². The molecule has 0 aromatic carbocycles. The molecule has 1 saturated heterocycles. The summed E-state index contributed by atoms with van der Waals surface area (Å²) in [6, 6.07) is -1.02. The van der Waals surface area contributed by atoms with Crippen LogP contribution in [0.3, 0.4) is 0 Å². The number of Topliss-reactive ketones (excluding diaryl/α,β-unsaturated/α-hetero) is 1. The number of alkyl halides is 3. The Morgan fingerprint density at radius 1 is 0.890 bits per heavy atom. The number of carbonyl (C=O) groups excluding carboxylic acids is 6. The Bertz CT molecular complexity index is 2420. The molecule has 0 radical (unpaired) electrons.